The van der Waals surface area contributed by atoms with Crippen molar-refractivity contribution in [1.29, 1.82) is 0 Å². The van der Waals surface area contributed by atoms with Gasteiger partial charge in [0, 0.05) is 29.7 Å². The minimum Gasteiger partial charge on any atom is -0.380 e. The summed E-state index contributed by atoms with van der Waals surface area (Å²) >= 11 is 0. The standard InChI is InChI=1S/C26H26F4N4O/c1-14(16-5-4-8-20(22(16)27)26(28,29)30)31-24-19-9-21(34-10-25(11-34)12-35-13-25)17-6-3-7-18(17)23(19)32-15(2)33-24/h4-5,8-9,14H,3,6-7,10-13H2,1-2H3,(H,31,32,33). The van der Waals surface area contributed by atoms with Gasteiger partial charge in [0.15, 0.2) is 0 Å². The molecule has 2 saturated heterocycles. The first-order valence-corrected chi connectivity index (χ1v) is 11.9. The number of nitrogens with zero attached hydrogens (tertiary/aromatic N) is 3. The lowest BCUT2D eigenvalue weighted by Crippen LogP contribution is -2.66. The van der Waals surface area contributed by atoms with Gasteiger partial charge in [0.05, 0.1) is 35.8 Å². The maximum atomic E-state index is 14.8. The second kappa shape index (κ2) is 7.78. The molecule has 3 aliphatic rings. The topological polar surface area (TPSA) is 50.3 Å². The van der Waals surface area contributed by atoms with Crippen LogP contribution in [0.15, 0.2) is 24.3 Å². The first kappa shape index (κ1) is 22.5. The lowest BCUT2D eigenvalue weighted by Gasteiger charge is -2.56. The minimum absolute atomic E-state index is 0.0553. The number of benzene rings is 2. The average Bonchev–Trinajstić information content (AvgIpc) is 3.22. The van der Waals surface area contributed by atoms with E-state index in [0.717, 1.165) is 62.5 Å². The Labute approximate surface area is 200 Å². The molecular formula is C26H26F4N4O. The van der Waals surface area contributed by atoms with Crippen molar-refractivity contribution in [3.63, 3.8) is 0 Å². The molecule has 3 heterocycles. The molecule has 1 aromatic heterocycles. The van der Waals surface area contributed by atoms with E-state index in [1.165, 1.54) is 28.9 Å². The van der Waals surface area contributed by atoms with Crippen LogP contribution < -0.4 is 10.2 Å². The van der Waals surface area contributed by atoms with Crippen LogP contribution in [-0.2, 0) is 23.8 Å². The van der Waals surface area contributed by atoms with Crippen molar-refractivity contribution < 1.29 is 22.3 Å². The Hall–Kier alpha value is -2.94. The van der Waals surface area contributed by atoms with Crippen LogP contribution in [0.25, 0.3) is 10.9 Å². The van der Waals surface area contributed by atoms with E-state index in [1.54, 1.807) is 13.8 Å². The second-order valence-electron chi connectivity index (χ2n) is 10.1. The highest BCUT2D eigenvalue weighted by Crippen LogP contribution is 2.46. The summed E-state index contributed by atoms with van der Waals surface area (Å²) in [6, 6.07) is 4.74. The fraction of sp³-hybridized carbons (Fsp3) is 0.462. The molecule has 2 aliphatic heterocycles. The Bertz CT molecular complexity index is 1330. The van der Waals surface area contributed by atoms with E-state index in [1.807, 2.05) is 0 Å². The van der Waals surface area contributed by atoms with Gasteiger partial charge in [-0.1, -0.05) is 12.1 Å². The summed E-state index contributed by atoms with van der Waals surface area (Å²) in [5.74, 6) is -0.187. The highest BCUT2D eigenvalue weighted by Gasteiger charge is 2.49. The van der Waals surface area contributed by atoms with Gasteiger partial charge in [-0.15, -0.1) is 0 Å². The molecule has 6 rings (SSSR count). The quantitative estimate of drug-likeness (QED) is 0.487. The lowest BCUT2D eigenvalue weighted by atomic mass is 9.77. The summed E-state index contributed by atoms with van der Waals surface area (Å²) in [5, 5.41) is 4.01. The fourth-order valence-corrected chi connectivity index (χ4v) is 5.74. The molecule has 2 aromatic carbocycles. The van der Waals surface area contributed by atoms with Crippen molar-refractivity contribution in [3.8, 4) is 0 Å². The summed E-state index contributed by atoms with van der Waals surface area (Å²) < 4.78 is 60.0. The van der Waals surface area contributed by atoms with Crippen LogP contribution in [0, 0.1) is 18.2 Å². The summed E-state index contributed by atoms with van der Waals surface area (Å²) in [5.41, 5.74) is 3.54. The van der Waals surface area contributed by atoms with Crippen molar-refractivity contribution in [2.75, 3.05) is 36.5 Å². The number of hydrogen-bond acceptors (Lipinski definition) is 5. The minimum atomic E-state index is -4.76. The number of halogens is 4. The van der Waals surface area contributed by atoms with Crippen LogP contribution in [0.2, 0.25) is 0 Å². The molecule has 1 N–H and O–H groups in total. The third-order valence-electron chi connectivity index (χ3n) is 7.51. The van der Waals surface area contributed by atoms with Crippen LogP contribution in [0.3, 0.4) is 0 Å². The van der Waals surface area contributed by atoms with E-state index < -0.39 is 23.6 Å². The number of hydrogen-bond donors (Lipinski definition) is 1. The Morgan fingerprint density at radius 1 is 1.11 bits per heavy atom. The molecule has 0 bridgehead atoms. The molecule has 35 heavy (non-hydrogen) atoms. The van der Waals surface area contributed by atoms with Gasteiger partial charge in [0.1, 0.15) is 17.5 Å². The molecule has 1 aliphatic carbocycles. The molecule has 9 heteroatoms. The summed E-state index contributed by atoms with van der Waals surface area (Å²) in [7, 11) is 0. The number of nitrogens with one attached hydrogen (secondary N) is 1. The molecular weight excluding hydrogens is 460 g/mol. The normalized spacial score (nSPS) is 19.4. The van der Waals surface area contributed by atoms with Crippen molar-refractivity contribution >= 4 is 22.4 Å². The molecule has 1 unspecified atom stereocenters. The number of aromatic nitrogens is 2. The number of aryl methyl sites for hydroxylation is 2. The van der Waals surface area contributed by atoms with Crippen LogP contribution in [0.1, 0.15) is 47.5 Å². The first-order valence-electron chi connectivity index (χ1n) is 11.9. The van der Waals surface area contributed by atoms with Gasteiger partial charge in [-0.3, -0.25) is 0 Å². The second-order valence-corrected chi connectivity index (χ2v) is 10.1. The van der Waals surface area contributed by atoms with Gasteiger partial charge in [0.25, 0.3) is 0 Å². The lowest BCUT2D eigenvalue weighted by molar-refractivity contribution is -0.140. The third-order valence-corrected chi connectivity index (χ3v) is 7.51. The Balaban J connectivity index is 1.40. The van der Waals surface area contributed by atoms with E-state index in [9.17, 15) is 17.6 Å². The number of rotatable bonds is 4. The van der Waals surface area contributed by atoms with Crippen LogP contribution in [0.4, 0.5) is 29.1 Å². The van der Waals surface area contributed by atoms with Gasteiger partial charge < -0.3 is 15.0 Å². The third kappa shape index (κ3) is 3.63. The molecule has 5 nitrogen and oxygen atoms in total. The first-order chi connectivity index (χ1) is 16.7. The zero-order valence-corrected chi connectivity index (χ0v) is 19.6. The number of anilines is 2. The van der Waals surface area contributed by atoms with Crippen LogP contribution in [0.5, 0.6) is 0 Å². The highest BCUT2D eigenvalue weighted by molar-refractivity contribution is 5.96. The molecule has 0 saturated carbocycles. The molecule has 184 valence electrons. The molecule has 3 aromatic rings. The van der Waals surface area contributed by atoms with E-state index in [2.05, 4.69) is 21.3 Å². The molecule has 1 spiro atoms. The van der Waals surface area contributed by atoms with E-state index >= 15 is 0 Å². The Morgan fingerprint density at radius 3 is 2.54 bits per heavy atom. The van der Waals surface area contributed by atoms with Crippen LogP contribution >= 0.6 is 0 Å². The number of ether oxygens (including phenoxy) is 1. The zero-order valence-electron chi connectivity index (χ0n) is 19.6. The highest BCUT2D eigenvalue weighted by atomic mass is 19.4. The maximum Gasteiger partial charge on any atom is 0.419 e. The van der Waals surface area contributed by atoms with Crippen molar-refractivity contribution in [2.45, 2.75) is 45.3 Å². The largest absolute Gasteiger partial charge is 0.419 e. The molecule has 0 radical (unpaired) electrons. The summed E-state index contributed by atoms with van der Waals surface area (Å²) in [4.78, 5) is 11.7. The maximum absolute atomic E-state index is 14.8. The molecule has 0 amide bonds. The van der Waals surface area contributed by atoms with Crippen molar-refractivity contribution in [1.82, 2.24) is 9.97 Å². The molecule has 1 atom stereocenters. The average molecular weight is 487 g/mol. The predicted molar refractivity (Wildman–Crippen MR) is 125 cm³/mol. The van der Waals surface area contributed by atoms with Gasteiger partial charge in [-0.05, 0) is 56.4 Å². The SMILES string of the molecule is Cc1nc(NC(C)c2cccc(C(F)(F)F)c2F)c2cc(N3CC4(COC4)C3)c3c(c2n1)CCC3. The fourth-order valence-electron chi connectivity index (χ4n) is 5.74. The van der Waals surface area contributed by atoms with Crippen LogP contribution in [-0.4, -0.2) is 36.3 Å². The molecule has 2 fully saturated rings. The van der Waals surface area contributed by atoms with Gasteiger partial charge in [0.2, 0.25) is 0 Å². The Morgan fingerprint density at radius 2 is 1.86 bits per heavy atom. The van der Waals surface area contributed by atoms with E-state index in [-0.39, 0.29) is 11.0 Å². The van der Waals surface area contributed by atoms with Crippen molar-refractivity contribution in [3.05, 3.63) is 58.2 Å². The monoisotopic (exact) mass is 486 g/mol. The van der Waals surface area contributed by atoms with E-state index in [4.69, 9.17) is 9.72 Å². The number of fused-ring (bicyclic) bond motifs is 3. The van der Waals surface area contributed by atoms with Gasteiger partial charge >= 0.3 is 6.18 Å². The summed E-state index contributed by atoms with van der Waals surface area (Å²) in [6.45, 7) is 6.94. The summed E-state index contributed by atoms with van der Waals surface area (Å²) in [6.07, 6.45) is -1.78. The van der Waals surface area contributed by atoms with E-state index in [0.29, 0.717) is 11.6 Å². The van der Waals surface area contributed by atoms with Gasteiger partial charge in [-0.2, -0.15) is 13.2 Å². The predicted octanol–water partition coefficient (Wildman–Crippen LogP) is 5.59. The smallest absolute Gasteiger partial charge is 0.380 e. The zero-order chi connectivity index (χ0) is 24.5. The Kier molecular flexibility index (Phi) is 5.01. The van der Waals surface area contributed by atoms with Gasteiger partial charge in [-0.25, -0.2) is 14.4 Å². The van der Waals surface area contributed by atoms with Crippen molar-refractivity contribution in [2.24, 2.45) is 5.41 Å². The number of alkyl halides is 3.